The Bertz CT molecular complexity index is 676. The van der Waals surface area contributed by atoms with Crippen LogP contribution in [-0.4, -0.2) is 19.1 Å². The molecule has 0 heterocycles. The monoisotopic (exact) mass is 326 g/mol. The van der Waals surface area contributed by atoms with Crippen molar-refractivity contribution in [3.63, 3.8) is 0 Å². The Kier molecular flexibility index (Phi) is 6.24. The molecule has 0 saturated heterocycles. The first-order valence-corrected chi connectivity index (χ1v) is 8.29. The van der Waals surface area contributed by atoms with Crippen molar-refractivity contribution in [3.05, 3.63) is 53.6 Å². The number of rotatable bonds is 7. The Morgan fingerprint density at radius 1 is 1.04 bits per heavy atom. The third-order valence-corrected chi connectivity index (χ3v) is 3.64. The lowest BCUT2D eigenvalue weighted by Crippen LogP contribution is -2.23. The number of anilines is 2. The number of carbonyl (C=O) groups excluding carboxylic acids is 1. The van der Waals surface area contributed by atoms with Gasteiger partial charge in [0.05, 0.1) is 18.8 Å². The molecular formula is C20H26N2O2. The van der Waals surface area contributed by atoms with Gasteiger partial charge in [-0.05, 0) is 43.0 Å². The van der Waals surface area contributed by atoms with E-state index in [1.165, 1.54) is 0 Å². The molecule has 2 aromatic rings. The zero-order valence-electron chi connectivity index (χ0n) is 14.8. The topological polar surface area (TPSA) is 50.4 Å². The molecule has 0 aliphatic heterocycles. The second-order valence-electron chi connectivity index (χ2n) is 6.37. The number of ether oxygens (including phenoxy) is 1. The lowest BCUT2D eigenvalue weighted by Gasteiger charge is -2.15. The predicted molar refractivity (Wildman–Crippen MR) is 99.8 cm³/mol. The van der Waals surface area contributed by atoms with E-state index in [-0.39, 0.29) is 12.5 Å². The van der Waals surface area contributed by atoms with Crippen LogP contribution in [0.1, 0.15) is 25.0 Å². The lowest BCUT2D eigenvalue weighted by molar-refractivity contribution is -0.114. The van der Waals surface area contributed by atoms with Crippen LogP contribution < -0.4 is 15.4 Å². The molecule has 0 atom stereocenters. The summed E-state index contributed by atoms with van der Waals surface area (Å²) in [6, 6.07) is 13.6. The fourth-order valence-electron chi connectivity index (χ4n) is 2.41. The molecule has 2 N–H and O–H groups in total. The van der Waals surface area contributed by atoms with Crippen molar-refractivity contribution in [2.75, 3.05) is 23.8 Å². The third-order valence-electron chi connectivity index (χ3n) is 3.64. The maximum Gasteiger partial charge on any atom is 0.243 e. The molecule has 0 spiro atoms. The van der Waals surface area contributed by atoms with E-state index in [1.807, 2.05) is 56.3 Å². The average Bonchev–Trinajstić information content (AvgIpc) is 2.53. The van der Waals surface area contributed by atoms with Crippen LogP contribution in [0.15, 0.2) is 42.5 Å². The summed E-state index contributed by atoms with van der Waals surface area (Å²) >= 11 is 0. The summed E-state index contributed by atoms with van der Waals surface area (Å²) in [4.78, 5) is 12.3. The highest BCUT2D eigenvalue weighted by molar-refractivity contribution is 5.95. The lowest BCUT2D eigenvalue weighted by atomic mass is 10.1. The SMILES string of the molecule is Cc1cccc(C)c1NCC(=O)Nc1ccccc1OCC(C)C. The standard InChI is InChI=1S/C20H26N2O2/c1-14(2)13-24-18-11-6-5-10-17(18)22-19(23)12-21-20-15(3)8-7-9-16(20)4/h5-11,14,21H,12-13H2,1-4H3,(H,22,23). The van der Waals surface area contributed by atoms with Gasteiger partial charge in [-0.15, -0.1) is 0 Å². The maximum atomic E-state index is 12.3. The Morgan fingerprint density at radius 2 is 1.71 bits per heavy atom. The molecule has 128 valence electrons. The minimum atomic E-state index is -0.0988. The van der Waals surface area contributed by atoms with E-state index < -0.39 is 0 Å². The Hall–Kier alpha value is -2.49. The van der Waals surface area contributed by atoms with E-state index in [1.54, 1.807) is 0 Å². The van der Waals surface area contributed by atoms with Gasteiger partial charge in [-0.25, -0.2) is 0 Å². The highest BCUT2D eigenvalue weighted by atomic mass is 16.5. The van der Waals surface area contributed by atoms with Gasteiger partial charge in [0.1, 0.15) is 5.75 Å². The van der Waals surface area contributed by atoms with Gasteiger partial charge in [-0.2, -0.15) is 0 Å². The summed E-state index contributed by atoms with van der Waals surface area (Å²) in [6.07, 6.45) is 0. The van der Waals surface area contributed by atoms with Crippen LogP contribution in [0.4, 0.5) is 11.4 Å². The van der Waals surface area contributed by atoms with Gasteiger partial charge in [0.25, 0.3) is 0 Å². The number of aryl methyl sites for hydroxylation is 2. The third kappa shape index (κ3) is 5.01. The zero-order chi connectivity index (χ0) is 17.5. The second-order valence-corrected chi connectivity index (χ2v) is 6.37. The smallest absolute Gasteiger partial charge is 0.243 e. The van der Waals surface area contributed by atoms with Gasteiger partial charge >= 0.3 is 0 Å². The minimum absolute atomic E-state index is 0.0988. The van der Waals surface area contributed by atoms with Crippen molar-refractivity contribution >= 4 is 17.3 Å². The number of para-hydroxylation sites is 3. The quantitative estimate of drug-likeness (QED) is 0.793. The molecule has 0 aliphatic rings. The highest BCUT2D eigenvalue weighted by Gasteiger charge is 2.09. The van der Waals surface area contributed by atoms with Gasteiger partial charge in [-0.1, -0.05) is 44.2 Å². The van der Waals surface area contributed by atoms with Crippen molar-refractivity contribution in [2.45, 2.75) is 27.7 Å². The molecular weight excluding hydrogens is 300 g/mol. The summed E-state index contributed by atoms with van der Waals surface area (Å²) in [6.45, 7) is 9.08. The van der Waals surface area contributed by atoms with Gasteiger partial charge in [0, 0.05) is 5.69 Å². The Labute approximate surface area is 144 Å². The van der Waals surface area contributed by atoms with Gasteiger partial charge < -0.3 is 15.4 Å². The molecule has 0 saturated carbocycles. The zero-order valence-corrected chi connectivity index (χ0v) is 14.8. The van der Waals surface area contributed by atoms with E-state index in [2.05, 4.69) is 24.5 Å². The highest BCUT2D eigenvalue weighted by Crippen LogP contribution is 2.24. The van der Waals surface area contributed by atoms with E-state index in [0.29, 0.717) is 24.0 Å². The molecule has 2 rings (SSSR count). The molecule has 4 nitrogen and oxygen atoms in total. The van der Waals surface area contributed by atoms with E-state index in [0.717, 1.165) is 16.8 Å². The molecule has 0 fully saturated rings. The number of carbonyl (C=O) groups is 1. The molecule has 0 aromatic heterocycles. The van der Waals surface area contributed by atoms with Crippen LogP contribution in [0.2, 0.25) is 0 Å². The van der Waals surface area contributed by atoms with Crippen LogP contribution in [0.5, 0.6) is 5.75 Å². The number of hydrogen-bond acceptors (Lipinski definition) is 3. The van der Waals surface area contributed by atoms with Gasteiger partial charge in [0.15, 0.2) is 0 Å². The first kappa shape index (κ1) is 17.9. The Balaban J connectivity index is 1.97. The molecule has 0 bridgehead atoms. The fourth-order valence-corrected chi connectivity index (χ4v) is 2.41. The van der Waals surface area contributed by atoms with E-state index in [9.17, 15) is 4.79 Å². The molecule has 1 amide bonds. The van der Waals surface area contributed by atoms with Crippen molar-refractivity contribution in [2.24, 2.45) is 5.92 Å². The van der Waals surface area contributed by atoms with Crippen molar-refractivity contribution in [3.8, 4) is 5.75 Å². The molecule has 24 heavy (non-hydrogen) atoms. The minimum Gasteiger partial charge on any atom is -0.491 e. The van der Waals surface area contributed by atoms with Crippen molar-refractivity contribution in [1.82, 2.24) is 0 Å². The van der Waals surface area contributed by atoms with Crippen LogP contribution in [0, 0.1) is 19.8 Å². The molecule has 4 heteroatoms. The first-order chi connectivity index (χ1) is 11.5. The van der Waals surface area contributed by atoms with Crippen LogP contribution >= 0.6 is 0 Å². The maximum absolute atomic E-state index is 12.3. The molecule has 0 radical (unpaired) electrons. The predicted octanol–water partition coefficient (Wildman–Crippen LogP) is 4.39. The summed E-state index contributed by atoms with van der Waals surface area (Å²) in [7, 11) is 0. The second kappa shape index (κ2) is 8.39. The summed E-state index contributed by atoms with van der Waals surface area (Å²) < 4.78 is 5.77. The van der Waals surface area contributed by atoms with E-state index in [4.69, 9.17) is 4.74 Å². The van der Waals surface area contributed by atoms with E-state index >= 15 is 0 Å². The number of nitrogens with one attached hydrogen (secondary N) is 2. The van der Waals surface area contributed by atoms with Gasteiger partial charge in [0.2, 0.25) is 5.91 Å². The van der Waals surface area contributed by atoms with Crippen LogP contribution in [0.3, 0.4) is 0 Å². The largest absolute Gasteiger partial charge is 0.491 e. The molecule has 0 unspecified atom stereocenters. The fraction of sp³-hybridized carbons (Fsp3) is 0.350. The summed E-state index contributed by atoms with van der Waals surface area (Å²) in [5, 5.41) is 6.14. The van der Waals surface area contributed by atoms with Crippen molar-refractivity contribution < 1.29 is 9.53 Å². The summed E-state index contributed by atoms with van der Waals surface area (Å²) in [5.41, 5.74) is 3.97. The number of benzene rings is 2. The van der Waals surface area contributed by atoms with Crippen LogP contribution in [-0.2, 0) is 4.79 Å². The van der Waals surface area contributed by atoms with Crippen LogP contribution in [0.25, 0.3) is 0 Å². The molecule has 0 aliphatic carbocycles. The number of amides is 1. The Morgan fingerprint density at radius 3 is 2.38 bits per heavy atom. The normalized spacial score (nSPS) is 10.5. The first-order valence-electron chi connectivity index (χ1n) is 8.29. The summed E-state index contributed by atoms with van der Waals surface area (Å²) in [5.74, 6) is 1.03. The number of hydrogen-bond donors (Lipinski definition) is 2. The van der Waals surface area contributed by atoms with Gasteiger partial charge in [-0.3, -0.25) is 4.79 Å². The van der Waals surface area contributed by atoms with Crippen molar-refractivity contribution in [1.29, 1.82) is 0 Å². The average molecular weight is 326 g/mol. The molecule has 2 aromatic carbocycles.